The number of pyridine rings is 1. The second-order valence-corrected chi connectivity index (χ2v) is 5.47. The Balaban J connectivity index is 2.05. The van der Waals surface area contributed by atoms with E-state index in [2.05, 4.69) is 15.3 Å². The summed E-state index contributed by atoms with van der Waals surface area (Å²) in [4.78, 5) is 7.95. The maximum atomic E-state index is 9.48. The average Bonchev–Trinajstić information content (AvgIpc) is 2.27. The van der Waals surface area contributed by atoms with Crippen LogP contribution in [0.1, 0.15) is 12.5 Å². The lowest BCUT2D eigenvalue weighted by Gasteiger charge is -2.17. The first-order valence-corrected chi connectivity index (χ1v) is 6.92. The molecule has 0 saturated heterocycles. The molecular formula is C11H11Cl2N3OS. The van der Waals surface area contributed by atoms with E-state index in [1.807, 2.05) is 6.92 Å². The van der Waals surface area contributed by atoms with Crippen LogP contribution in [0, 0.1) is 0 Å². The molecule has 0 aromatic carbocycles. The van der Waals surface area contributed by atoms with Gasteiger partial charge < -0.3 is 10.4 Å². The lowest BCUT2D eigenvalue weighted by Crippen LogP contribution is -2.26. The lowest BCUT2D eigenvalue weighted by molar-refractivity contribution is 0.231. The fourth-order valence-electron chi connectivity index (χ4n) is 1.41. The van der Waals surface area contributed by atoms with Gasteiger partial charge in [-0.2, -0.15) is 0 Å². The van der Waals surface area contributed by atoms with Gasteiger partial charge in [0, 0.05) is 29.4 Å². The van der Waals surface area contributed by atoms with Crippen LogP contribution in [0.25, 0.3) is 0 Å². The highest BCUT2D eigenvalue weighted by Gasteiger charge is 2.13. The number of hydrogen-bond donors (Lipinski definition) is 2. The summed E-state index contributed by atoms with van der Waals surface area (Å²) in [7, 11) is 0. The zero-order valence-electron chi connectivity index (χ0n) is 9.52. The Morgan fingerprint density at radius 3 is 2.67 bits per heavy atom. The van der Waals surface area contributed by atoms with E-state index in [1.54, 1.807) is 18.5 Å². The van der Waals surface area contributed by atoms with Gasteiger partial charge in [0.2, 0.25) is 0 Å². The quantitative estimate of drug-likeness (QED) is 0.882. The number of thioether (sulfide) groups is 1. The number of rotatable bonds is 2. The Labute approximate surface area is 119 Å². The molecule has 18 heavy (non-hydrogen) atoms. The smallest absolute Gasteiger partial charge is 0.169 e. The van der Waals surface area contributed by atoms with Crippen LogP contribution in [0.5, 0.6) is 0 Å². The van der Waals surface area contributed by atoms with Crippen molar-refractivity contribution in [2.75, 3.05) is 0 Å². The van der Waals surface area contributed by atoms with E-state index in [4.69, 9.17) is 23.2 Å². The van der Waals surface area contributed by atoms with Crippen molar-refractivity contribution in [1.29, 1.82) is 0 Å². The SMILES string of the molecule is CC1=CC(O)N=C(SCc2c(Cl)cncc2Cl)N1. The molecule has 2 N–H and O–H groups in total. The normalized spacial score (nSPS) is 19.0. The van der Waals surface area contributed by atoms with Gasteiger partial charge >= 0.3 is 0 Å². The molecule has 0 radical (unpaired) electrons. The monoisotopic (exact) mass is 303 g/mol. The third kappa shape index (κ3) is 3.38. The van der Waals surface area contributed by atoms with E-state index in [0.717, 1.165) is 11.3 Å². The van der Waals surface area contributed by atoms with Crippen molar-refractivity contribution in [3.05, 3.63) is 39.8 Å². The molecule has 0 aliphatic carbocycles. The Morgan fingerprint density at radius 1 is 1.39 bits per heavy atom. The molecule has 1 unspecified atom stereocenters. The van der Waals surface area contributed by atoms with Gasteiger partial charge in [-0.1, -0.05) is 35.0 Å². The van der Waals surface area contributed by atoms with E-state index < -0.39 is 6.23 Å². The number of amidine groups is 1. The predicted octanol–water partition coefficient (Wildman–Crippen LogP) is 2.80. The molecule has 4 nitrogen and oxygen atoms in total. The molecule has 0 saturated carbocycles. The van der Waals surface area contributed by atoms with Crippen molar-refractivity contribution in [2.45, 2.75) is 18.9 Å². The summed E-state index contributed by atoms with van der Waals surface area (Å²) in [6.45, 7) is 1.87. The Kier molecular flexibility index (Phi) is 4.50. The molecule has 2 heterocycles. The number of aliphatic hydroxyl groups is 1. The first-order valence-electron chi connectivity index (χ1n) is 5.18. The summed E-state index contributed by atoms with van der Waals surface area (Å²) in [6.07, 6.45) is 3.95. The molecule has 1 aliphatic rings. The van der Waals surface area contributed by atoms with Crippen LogP contribution < -0.4 is 5.32 Å². The van der Waals surface area contributed by atoms with E-state index >= 15 is 0 Å². The van der Waals surface area contributed by atoms with Gasteiger partial charge in [0.05, 0.1) is 10.0 Å². The van der Waals surface area contributed by atoms with Crippen molar-refractivity contribution in [3.8, 4) is 0 Å². The molecule has 1 aromatic rings. The number of nitrogens with one attached hydrogen (secondary N) is 1. The van der Waals surface area contributed by atoms with Crippen LogP contribution in [0.3, 0.4) is 0 Å². The largest absolute Gasteiger partial charge is 0.368 e. The second kappa shape index (κ2) is 5.93. The highest BCUT2D eigenvalue weighted by atomic mass is 35.5. The van der Waals surface area contributed by atoms with E-state index in [0.29, 0.717) is 21.0 Å². The molecule has 2 rings (SSSR count). The van der Waals surface area contributed by atoms with Gasteiger partial charge in [-0.3, -0.25) is 4.98 Å². The summed E-state index contributed by atoms with van der Waals surface area (Å²) in [5.74, 6) is 0.562. The zero-order valence-corrected chi connectivity index (χ0v) is 11.9. The molecule has 0 amide bonds. The van der Waals surface area contributed by atoms with Crippen molar-refractivity contribution < 1.29 is 5.11 Å². The molecular weight excluding hydrogens is 293 g/mol. The van der Waals surface area contributed by atoms with Crippen molar-refractivity contribution in [1.82, 2.24) is 10.3 Å². The van der Waals surface area contributed by atoms with E-state index in [1.165, 1.54) is 11.8 Å². The number of halogens is 2. The molecule has 96 valence electrons. The van der Waals surface area contributed by atoms with Gasteiger partial charge in [-0.25, -0.2) is 4.99 Å². The molecule has 0 fully saturated rings. The minimum atomic E-state index is -0.794. The fraction of sp³-hybridized carbons (Fsp3) is 0.273. The molecule has 0 spiro atoms. The topological polar surface area (TPSA) is 57.5 Å². The van der Waals surface area contributed by atoms with Crippen molar-refractivity contribution in [2.24, 2.45) is 4.99 Å². The molecule has 7 heteroatoms. The van der Waals surface area contributed by atoms with Crippen LogP contribution in [0.15, 0.2) is 29.2 Å². The zero-order chi connectivity index (χ0) is 13.1. The third-order valence-electron chi connectivity index (χ3n) is 2.26. The third-order valence-corrected chi connectivity index (χ3v) is 3.82. The van der Waals surface area contributed by atoms with Gasteiger partial charge in [0.15, 0.2) is 11.4 Å². The summed E-state index contributed by atoms with van der Waals surface area (Å²) < 4.78 is 0. The summed E-state index contributed by atoms with van der Waals surface area (Å²) >= 11 is 13.5. The number of hydrogen-bond acceptors (Lipinski definition) is 5. The Morgan fingerprint density at radius 2 is 2.06 bits per heavy atom. The highest BCUT2D eigenvalue weighted by molar-refractivity contribution is 8.13. The molecule has 1 aromatic heterocycles. The van der Waals surface area contributed by atoms with E-state index in [9.17, 15) is 5.11 Å². The van der Waals surface area contributed by atoms with Gasteiger partial charge in [0.25, 0.3) is 0 Å². The maximum absolute atomic E-state index is 9.48. The molecule has 1 aliphatic heterocycles. The van der Waals surface area contributed by atoms with Crippen LogP contribution in [-0.4, -0.2) is 21.5 Å². The van der Waals surface area contributed by atoms with Gasteiger partial charge in [-0.05, 0) is 13.0 Å². The summed E-state index contributed by atoms with van der Waals surface area (Å²) in [5, 5.41) is 14.2. The van der Waals surface area contributed by atoms with Crippen LogP contribution in [0.2, 0.25) is 10.0 Å². The molecule has 0 bridgehead atoms. The number of aliphatic imine (C=N–C) groups is 1. The number of nitrogens with zero attached hydrogens (tertiary/aromatic N) is 2. The van der Waals surface area contributed by atoms with Crippen LogP contribution in [-0.2, 0) is 5.75 Å². The van der Waals surface area contributed by atoms with Crippen LogP contribution in [0.4, 0.5) is 0 Å². The first kappa shape index (κ1) is 13.7. The second-order valence-electron chi connectivity index (χ2n) is 3.69. The van der Waals surface area contributed by atoms with Gasteiger partial charge in [0.1, 0.15) is 0 Å². The van der Waals surface area contributed by atoms with Crippen molar-refractivity contribution >= 4 is 40.1 Å². The maximum Gasteiger partial charge on any atom is 0.169 e. The van der Waals surface area contributed by atoms with E-state index in [-0.39, 0.29) is 0 Å². The minimum Gasteiger partial charge on any atom is -0.368 e. The standard InChI is InChI=1S/C11H11Cl2N3OS/c1-6-2-10(17)16-11(15-6)18-5-7-8(12)3-14-4-9(7)13/h2-4,10,17H,5H2,1H3,(H,15,16). The van der Waals surface area contributed by atoms with Crippen molar-refractivity contribution in [3.63, 3.8) is 0 Å². The lowest BCUT2D eigenvalue weighted by atomic mass is 10.3. The Hall–Kier alpha value is -0.750. The predicted molar refractivity (Wildman–Crippen MR) is 75.9 cm³/mol. The minimum absolute atomic E-state index is 0.527. The summed E-state index contributed by atoms with van der Waals surface area (Å²) in [5.41, 5.74) is 1.68. The Bertz CT molecular complexity index is 499. The average molecular weight is 304 g/mol. The van der Waals surface area contributed by atoms with Gasteiger partial charge in [-0.15, -0.1) is 0 Å². The number of aromatic nitrogens is 1. The number of aliphatic hydroxyl groups excluding tert-OH is 1. The first-order chi connectivity index (χ1) is 8.56. The molecule has 1 atom stereocenters. The highest BCUT2D eigenvalue weighted by Crippen LogP contribution is 2.27. The van der Waals surface area contributed by atoms with Crippen LogP contribution >= 0.6 is 35.0 Å². The number of allylic oxidation sites excluding steroid dienone is 1. The summed E-state index contributed by atoms with van der Waals surface area (Å²) in [6, 6.07) is 0. The fourth-order valence-corrected chi connectivity index (χ4v) is 3.08.